The molecule has 1 aliphatic rings. The average molecular weight is 339 g/mol. The Balaban J connectivity index is 2.53. The predicted molar refractivity (Wildman–Crippen MR) is 109 cm³/mol. The Kier molecular flexibility index (Phi) is 7.29. The van der Waals surface area contributed by atoms with Crippen molar-refractivity contribution in [2.24, 2.45) is 5.73 Å². The van der Waals surface area contributed by atoms with Crippen LogP contribution >= 0.6 is 0 Å². The van der Waals surface area contributed by atoms with Crippen LogP contribution in [0.25, 0.3) is 17.8 Å². The Morgan fingerprint density at radius 1 is 1.40 bits per heavy atom. The highest BCUT2D eigenvalue weighted by atomic mass is 15.0. The summed E-state index contributed by atoms with van der Waals surface area (Å²) < 4.78 is 0. The number of anilines is 1. The van der Waals surface area contributed by atoms with E-state index < -0.39 is 0 Å². The molecule has 1 fully saturated rings. The normalized spacial score (nSPS) is 17.4. The fourth-order valence-electron chi connectivity index (χ4n) is 3.02. The Bertz CT molecular complexity index is 742. The first kappa shape index (κ1) is 18.8. The van der Waals surface area contributed by atoms with E-state index in [0.717, 1.165) is 59.7 Å². The molecule has 5 nitrogen and oxygen atoms in total. The lowest BCUT2D eigenvalue weighted by Crippen LogP contribution is -2.38. The van der Waals surface area contributed by atoms with Gasteiger partial charge in [-0.3, -0.25) is 0 Å². The maximum Gasteiger partial charge on any atom is 0.0442 e. The molecule has 0 amide bonds. The first-order chi connectivity index (χ1) is 12.2. The molecule has 2 rings (SSSR count). The highest BCUT2D eigenvalue weighted by Gasteiger charge is 2.14. The smallest absolute Gasteiger partial charge is 0.0442 e. The predicted octanol–water partition coefficient (Wildman–Crippen LogP) is 1.11. The standard InChI is InChI=1S/C20H29N5/c1-3-5-15-10-16(17(12-21)14-23-4-2)11-20(19(15)13-22)25-18-6-8-24-9-7-18/h3,5,10-14,18,21,23-25H,1,4,6-9,22H2,2H3/b15-5-,17-14+,19-13+,21-12?. The van der Waals surface area contributed by atoms with Crippen LogP contribution in [0.3, 0.4) is 0 Å². The third kappa shape index (κ3) is 4.97. The van der Waals surface area contributed by atoms with Gasteiger partial charge in [-0.15, -0.1) is 0 Å². The topological polar surface area (TPSA) is 86.0 Å². The summed E-state index contributed by atoms with van der Waals surface area (Å²) in [7, 11) is 0. The van der Waals surface area contributed by atoms with E-state index in [0.29, 0.717) is 6.04 Å². The molecule has 0 unspecified atom stereocenters. The molecule has 25 heavy (non-hydrogen) atoms. The summed E-state index contributed by atoms with van der Waals surface area (Å²) in [5.41, 5.74) is 8.74. The van der Waals surface area contributed by atoms with Crippen LogP contribution in [0.1, 0.15) is 25.3 Å². The van der Waals surface area contributed by atoms with Crippen molar-refractivity contribution >= 4 is 29.8 Å². The van der Waals surface area contributed by atoms with Crippen molar-refractivity contribution in [3.05, 3.63) is 47.0 Å². The molecule has 1 heterocycles. The highest BCUT2D eigenvalue weighted by Crippen LogP contribution is 2.15. The summed E-state index contributed by atoms with van der Waals surface area (Å²) in [6.45, 7) is 8.71. The highest BCUT2D eigenvalue weighted by molar-refractivity contribution is 6.08. The van der Waals surface area contributed by atoms with Crippen molar-refractivity contribution in [3.8, 4) is 0 Å². The number of allylic oxidation sites excluding steroid dienone is 2. The molecule has 0 bridgehead atoms. The second-order valence-electron chi connectivity index (χ2n) is 6.07. The second-order valence-corrected chi connectivity index (χ2v) is 6.07. The van der Waals surface area contributed by atoms with Gasteiger partial charge in [-0.05, 0) is 55.8 Å². The number of hydrogen-bond acceptors (Lipinski definition) is 5. The van der Waals surface area contributed by atoms with Crippen LogP contribution in [0, 0.1) is 5.41 Å². The first-order valence-electron chi connectivity index (χ1n) is 8.83. The molecule has 0 radical (unpaired) electrons. The monoisotopic (exact) mass is 339 g/mol. The van der Waals surface area contributed by atoms with Gasteiger partial charge in [0.1, 0.15) is 0 Å². The number of nitrogens with one attached hydrogen (secondary N) is 4. The third-order valence-electron chi connectivity index (χ3n) is 4.33. The average Bonchev–Trinajstić information content (AvgIpc) is 2.63. The molecule has 1 aliphatic heterocycles. The van der Waals surface area contributed by atoms with Crippen LogP contribution in [0.4, 0.5) is 5.69 Å². The van der Waals surface area contributed by atoms with E-state index in [-0.39, 0.29) is 0 Å². The van der Waals surface area contributed by atoms with Gasteiger partial charge in [-0.1, -0.05) is 18.7 Å². The van der Waals surface area contributed by atoms with Crippen LogP contribution in [0.2, 0.25) is 0 Å². The zero-order valence-electron chi connectivity index (χ0n) is 14.9. The van der Waals surface area contributed by atoms with Crippen LogP contribution in [0.15, 0.2) is 31.0 Å². The van der Waals surface area contributed by atoms with E-state index in [1.807, 2.05) is 25.3 Å². The molecule has 1 aromatic carbocycles. The fraction of sp³-hybridized carbons (Fsp3) is 0.350. The molecule has 0 aliphatic carbocycles. The summed E-state index contributed by atoms with van der Waals surface area (Å²) in [5.74, 6) is 0. The molecule has 134 valence electrons. The van der Waals surface area contributed by atoms with Gasteiger partial charge in [0.05, 0.1) is 0 Å². The molecule has 1 aromatic rings. The second kappa shape index (κ2) is 9.69. The van der Waals surface area contributed by atoms with Crippen molar-refractivity contribution in [1.82, 2.24) is 10.6 Å². The van der Waals surface area contributed by atoms with Gasteiger partial charge in [-0.25, -0.2) is 0 Å². The van der Waals surface area contributed by atoms with E-state index in [1.54, 1.807) is 12.3 Å². The summed E-state index contributed by atoms with van der Waals surface area (Å²) in [6, 6.07) is 4.55. The zero-order chi connectivity index (χ0) is 18.1. The maximum atomic E-state index is 7.75. The molecular weight excluding hydrogens is 310 g/mol. The molecule has 0 aromatic heterocycles. The van der Waals surface area contributed by atoms with E-state index in [9.17, 15) is 0 Å². The molecule has 6 N–H and O–H groups in total. The van der Waals surface area contributed by atoms with Gasteiger partial charge in [-0.2, -0.15) is 0 Å². The SMILES string of the molecule is C=C/C=c1/cc(/C(C=N)=C/NCC)cc(NC2CCNCC2)/c1=C/N. The van der Waals surface area contributed by atoms with Gasteiger partial charge in [0.25, 0.3) is 0 Å². The molecule has 0 spiro atoms. The Morgan fingerprint density at radius 2 is 2.16 bits per heavy atom. The molecule has 0 saturated carbocycles. The van der Waals surface area contributed by atoms with Crippen molar-refractivity contribution in [3.63, 3.8) is 0 Å². The third-order valence-corrected chi connectivity index (χ3v) is 4.33. The summed E-state index contributed by atoms with van der Waals surface area (Å²) in [4.78, 5) is 0. The van der Waals surface area contributed by atoms with Gasteiger partial charge in [0, 0.05) is 47.7 Å². The summed E-state index contributed by atoms with van der Waals surface area (Å²) in [6.07, 6.45) is 10.8. The van der Waals surface area contributed by atoms with Crippen LogP contribution in [-0.4, -0.2) is 31.9 Å². The Labute approximate surface area is 149 Å². The van der Waals surface area contributed by atoms with E-state index in [1.165, 1.54) is 6.21 Å². The molecule has 0 atom stereocenters. The molecular formula is C20H29N5. The van der Waals surface area contributed by atoms with Crippen molar-refractivity contribution in [2.45, 2.75) is 25.8 Å². The fourth-order valence-corrected chi connectivity index (χ4v) is 3.02. The van der Waals surface area contributed by atoms with Crippen LogP contribution < -0.4 is 32.1 Å². The summed E-state index contributed by atoms with van der Waals surface area (Å²) in [5, 5.41) is 19.9. The van der Waals surface area contributed by atoms with Gasteiger partial charge < -0.3 is 27.1 Å². The van der Waals surface area contributed by atoms with Gasteiger partial charge in [0.2, 0.25) is 0 Å². The van der Waals surface area contributed by atoms with Crippen LogP contribution in [0.5, 0.6) is 0 Å². The van der Waals surface area contributed by atoms with E-state index in [4.69, 9.17) is 11.1 Å². The Morgan fingerprint density at radius 3 is 2.76 bits per heavy atom. The quantitative estimate of drug-likeness (QED) is 0.482. The number of piperidine rings is 1. The van der Waals surface area contributed by atoms with Gasteiger partial charge >= 0.3 is 0 Å². The minimum absolute atomic E-state index is 0.424. The maximum absolute atomic E-state index is 7.75. The lowest BCUT2D eigenvalue weighted by molar-refractivity contribution is 0.479. The van der Waals surface area contributed by atoms with Crippen molar-refractivity contribution < 1.29 is 0 Å². The zero-order valence-corrected chi connectivity index (χ0v) is 14.9. The lowest BCUT2D eigenvalue weighted by atomic mass is 10.0. The number of benzene rings is 1. The lowest BCUT2D eigenvalue weighted by Gasteiger charge is -2.25. The van der Waals surface area contributed by atoms with E-state index >= 15 is 0 Å². The minimum atomic E-state index is 0.424. The van der Waals surface area contributed by atoms with Crippen molar-refractivity contribution in [2.75, 3.05) is 25.0 Å². The summed E-state index contributed by atoms with van der Waals surface area (Å²) >= 11 is 0. The molecule has 1 saturated heterocycles. The van der Waals surface area contributed by atoms with E-state index in [2.05, 4.69) is 28.6 Å². The largest absolute Gasteiger partial charge is 0.404 e. The number of nitrogens with two attached hydrogens (primary N) is 1. The van der Waals surface area contributed by atoms with Gasteiger partial charge in [0.15, 0.2) is 0 Å². The van der Waals surface area contributed by atoms with Crippen LogP contribution in [-0.2, 0) is 0 Å². The molecule has 5 heteroatoms. The number of hydrogen-bond donors (Lipinski definition) is 5. The minimum Gasteiger partial charge on any atom is -0.404 e. The number of rotatable bonds is 7. The van der Waals surface area contributed by atoms with Crippen molar-refractivity contribution in [1.29, 1.82) is 5.41 Å². The first-order valence-corrected chi connectivity index (χ1v) is 8.83. The Hall–Kier alpha value is -2.53.